The second-order valence-corrected chi connectivity index (χ2v) is 5.81. The topological polar surface area (TPSA) is 82.0 Å². The molecule has 0 aromatic heterocycles. The highest BCUT2D eigenvalue weighted by Gasteiger charge is 2.49. The van der Waals surface area contributed by atoms with Crippen molar-refractivity contribution >= 4 is 23.2 Å². The van der Waals surface area contributed by atoms with Gasteiger partial charge in [-0.25, -0.2) is 0 Å². The predicted octanol–water partition coefficient (Wildman–Crippen LogP) is -0.0655. The van der Waals surface area contributed by atoms with Crippen molar-refractivity contribution in [2.45, 2.75) is 30.5 Å². The summed E-state index contributed by atoms with van der Waals surface area (Å²) in [5.41, 5.74) is 0. The summed E-state index contributed by atoms with van der Waals surface area (Å²) < 4.78 is 5.55. The maximum atomic E-state index is 10.2. The maximum Gasteiger partial charge on any atom is 0.111 e. The third-order valence-corrected chi connectivity index (χ3v) is 4.61. The van der Waals surface area contributed by atoms with Crippen molar-refractivity contribution in [2.75, 3.05) is 13.2 Å². The molecule has 0 radical (unpaired) electrons. The largest absolute Gasteiger partial charge is 0.394 e. The van der Waals surface area contributed by atoms with E-state index in [4.69, 9.17) is 34.4 Å². The number of aliphatic hydroxyl groups is 3. The third-order valence-electron chi connectivity index (χ3n) is 3.73. The van der Waals surface area contributed by atoms with E-state index in [1.807, 2.05) is 0 Å². The summed E-state index contributed by atoms with van der Waals surface area (Å²) in [6, 6.07) is -0.291. The number of nitrogens with one attached hydrogen (secondary N) is 1. The smallest absolute Gasteiger partial charge is 0.111 e. The summed E-state index contributed by atoms with van der Waals surface area (Å²) >= 11 is 12.3. The molecule has 4 N–H and O–H groups in total. The quantitative estimate of drug-likeness (QED) is 0.542. The Morgan fingerprint density at radius 1 is 1.33 bits per heavy atom. The molecule has 21 heavy (non-hydrogen) atoms. The zero-order valence-electron chi connectivity index (χ0n) is 11.1. The number of hydrogen-bond acceptors (Lipinski definition) is 5. The van der Waals surface area contributed by atoms with Crippen LogP contribution in [0, 0.1) is 18.3 Å². The Bertz CT molecular complexity index is 488. The van der Waals surface area contributed by atoms with E-state index in [9.17, 15) is 15.3 Å². The minimum absolute atomic E-state index is 0.291. The summed E-state index contributed by atoms with van der Waals surface area (Å²) in [5.74, 6) is 1.96. The van der Waals surface area contributed by atoms with E-state index in [0.29, 0.717) is 16.6 Å². The maximum absolute atomic E-state index is 10.2. The molecular weight excluding hydrogens is 317 g/mol. The van der Waals surface area contributed by atoms with E-state index < -0.39 is 36.9 Å². The molecule has 1 aliphatic heterocycles. The monoisotopic (exact) mass is 333 g/mol. The minimum Gasteiger partial charge on any atom is -0.394 e. The average molecular weight is 334 g/mol. The highest BCUT2D eigenvalue weighted by Crippen LogP contribution is 2.39. The molecule has 7 heteroatoms. The second kappa shape index (κ2) is 7.12. The Morgan fingerprint density at radius 3 is 2.62 bits per heavy atom. The molecule has 1 saturated heterocycles. The number of halogens is 2. The molecule has 116 valence electrons. The molecule has 2 rings (SSSR count). The lowest BCUT2D eigenvalue weighted by molar-refractivity contribution is -0.0392. The van der Waals surface area contributed by atoms with E-state index in [0.717, 1.165) is 0 Å². The van der Waals surface area contributed by atoms with Crippen molar-refractivity contribution in [3.05, 3.63) is 22.2 Å². The Kier molecular flexibility index (Phi) is 5.69. The van der Waals surface area contributed by atoms with Gasteiger partial charge in [0.25, 0.3) is 0 Å². The number of terminal acetylenes is 1. The number of aliphatic hydroxyl groups excluding tert-OH is 3. The predicted molar refractivity (Wildman–Crippen MR) is 79.7 cm³/mol. The molecule has 0 saturated carbocycles. The van der Waals surface area contributed by atoms with Gasteiger partial charge in [-0.2, -0.15) is 0 Å². The highest BCUT2D eigenvalue weighted by molar-refractivity contribution is 6.40. The van der Waals surface area contributed by atoms with Gasteiger partial charge in [-0.1, -0.05) is 35.2 Å². The van der Waals surface area contributed by atoms with Gasteiger partial charge in [0.15, 0.2) is 0 Å². The zero-order valence-corrected chi connectivity index (χ0v) is 12.6. The molecule has 1 heterocycles. The number of allylic oxidation sites excluding steroid dienone is 2. The zero-order chi connectivity index (χ0) is 15.6. The molecular formula is C14H17Cl2NO4. The van der Waals surface area contributed by atoms with E-state index in [1.54, 1.807) is 12.2 Å². The van der Waals surface area contributed by atoms with Gasteiger partial charge < -0.3 is 20.1 Å². The van der Waals surface area contributed by atoms with Crippen molar-refractivity contribution in [2.24, 2.45) is 5.92 Å². The lowest BCUT2D eigenvalue weighted by Gasteiger charge is -2.33. The molecule has 0 spiro atoms. The fourth-order valence-corrected chi connectivity index (χ4v) is 3.17. The molecule has 1 fully saturated rings. The average Bonchev–Trinajstić information content (AvgIpc) is 2.76. The van der Waals surface area contributed by atoms with E-state index in [1.165, 1.54) is 0 Å². The Balaban J connectivity index is 2.25. The second-order valence-electron chi connectivity index (χ2n) is 4.99. The lowest BCUT2D eigenvalue weighted by atomic mass is 9.86. The number of hydrogen-bond donors (Lipinski definition) is 4. The molecule has 1 aliphatic carbocycles. The summed E-state index contributed by atoms with van der Waals surface area (Å²) in [5, 5.41) is 33.0. The van der Waals surface area contributed by atoms with Crippen LogP contribution in [-0.4, -0.2) is 58.9 Å². The first kappa shape index (κ1) is 16.8. The molecule has 0 aromatic carbocycles. The number of rotatable bonds is 4. The molecule has 0 bridgehead atoms. The van der Waals surface area contributed by atoms with Crippen LogP contribution in [0.3, 0.4) is 0 Å². The first-order chi connectivity index (χ1) is 10.0. The fourth-order valence-electron chi connectivity index (χ4n) is 2.65. The van der Waals surface area contributed by atoms with Crippen molar-refractivity contribution in [1.29, 1.82) is 0 Å². The standard InChI is InChI=1S/C14H17Cl2NO4/c1-2-5-17-8-4-3-7(15)11(16)10(8)14-13(20)12(19)9(6-18)21-14/h1,3-4,8-10,12-14,17-20H,5-6H2/t8?,9-,10?,12-,13-,14+/m0/s1. The molecule has 0 aromatic rings. The normalized spacial score (nSPS) is 39.6. The van der Waals surface area contributed by atoms with Crippen LogP contribution in [0.1, 0.15) is 0 Å². The molecule has 5 nitrogen and oxygen atoms in total. The van der Waals surface area contributed by atoms with E-state index in [-0.39, 0.29) is 6.04 Å². The van der Waals surface area contributed by atoms with Gasteiger partial charge in [-0.15, -0.1) is 6.42 Å². The van der Waals surface area contributed by atoms with Gasteiger partial charge in [0.05, 0.1) is 24.3 Å². The Morgan fingerprint density at radius 2 is 2.05 bits per heavy atom. The minimum atomic E-state index is -1.18. The summed E-state index contributed by atoms with van der Waals surface area (Å²) in [7, 11) is 0. The van der Waals surface area contributed by atoms with Crippen LogP contribution in [0.25, 0.3) is 0 Å². The third kappa shape index (κ3) is 3.27. The van der Waals surface area contributed by atoms with Crippen LogP contribution >= 0.6 is 23.2 Å². The van der Waals surface area contributed by atoms with E-state index >= 15 is 0 Å². The number of ether oxygens (including phenoxy) is 1. The fraction of sp³-hybridized carbons (Fsp3) is 0.571. The Hall–Kier alpha value is -0.580. The van der Waals surface area contributed by atoms with Crippen LogP contribution in [0.4, 0.5) is 0 Å². The van der Waals surface area contributed by atoms with Gasteiger partial charge in [-0.3, -0.25) is 5.32 Å². The van der Waals surface area contributed by atoms with Crippen molar-refractivity contribution in [3.63, 3.8) is 0 Å². The Labute approximate surface area is 133 Å². The van der Waals surface area contributed by atoms with Crippen LogP contribution in [0.5, 0.6) is 0 Å². The van der Waals surface area contributed by atoms with Crippen LogP contribution in [0.2, 0.25) is 0 Å². The molecule has 6 atom stereocenters. The van der Waals surface area contributed by atoms with Crippen LogP contribution in [0.15, 0.2) is 22.2 Å². The van der Waals surface area contributed by atoms with Crippen molar-refractivity contribution < 1.29 is 20.1 Å². The van der Waals surface area contributed by atoms with Gasteiger partial charge in [0, 0.05) is 17.0 Å². The SMILES string of the molecule is C#CCNC1C=CC(Cl)=C(Cl)C1[C@H]1O[C@@H](CO)[C@H](O)[C@@H]1O. The van der Waals surface area contributed by atoms with Crippen molar-refractivity contribution in [3.8, 4) is 12.3 Å². The summed E-state index contributed by atoms with van der Waals surface area (Å²) in [6.45, 7) is -0.0864. The van der Waals surface area contributed by atoms with E-state index in [2.05, 4.69) is 11.2 Å². The van der Waals surface area contributed by atoms with Crippen molar-refractivity contribution in [1.82, 2.24) is 5.32 Å². The van der Waals surface area contributed by atoms with Gasteiger partial charge in [0.2, 0.25) is 0 Å². The highest BCUT2D eigenvalue weighted by atomic mass is 35.5. The lowest BCUT2D eigenvalue weighted by Crippen LogP contribution is -2.47. The molecule has 2 aliphatic rings. The van der Waals surface area contributed by atoms with Gasteiger partial charge in [0.1, 0.15) is 18.3 Å². The van der Waals surface area contributed by atoms with Gasteiger partial charge in [-0.05, 0) is 6.08 Å². The van der Waals surface area contributed by atoms with Gasteiger partial charge >= 0.3 is 0 Å². The van der Waals surface area contributed by atoms with Crippen LogP contribution in [-0.2, 0) is 4.74 Å². The molecule has 0 amide bonds. The summed E-state index contributed by atoms with van der Waals surface area (Å²) in [6.07, 6.45) is 4.67. The van der Waals surface area contributed by atoms with Crippen LogP contribution < -0.4 is 5.32 Å². The summed E-state index contributed by atoms with van der Waals surface area (Å²) in [4.78, 5) is 0. The first-order valence-electron chi connectivity index (χ1n) is 6.54. The first-order valence-corrected chi connectivity index (χ1v) is 7.29. The molecule has 2 unspecified atom stereocenters.